The largest absolute Gasteiger partial charge is 0.490 e. The summed E-state index contributed by atoms with van der Waals surface area (Å²) < 4.78 is 74.3. The van der Waals surface area contributed by atoms with Crippen LogP contribution in [-0.2, 0) is 25.6 Å². The number of aliphatic carboxylic acids is 2. The number of alkyl halides is 6. The van der Waals surface area contributed by atoms with Gasteiger partial charge in [0.1, 0.15) is 0 Å². The van der Waals surface area contributed by atoms with Crippen LogP contribution in [0.4, 0.5) is 26.3 Å². The molecule has 1 spiro atoms. The van der Waals surface area contributed by atoms with Gasteiger partial charge in [-0.05, 0) is 50.4 Å². The van der Waals surface area contributed by atoms with Crippen molar-refractivity contribution in [2.45, 2.75) is 38.7 Å². The van der Waals surface area contributed by atoms with E-state index in [1.165, 1.54) is 48.8 Å². The maximum absolute atomic E-state index is 10.6. The zero-order chi connectivity index (χ0) is 29.1. The molecular weight excluding hydrogens is 546 g/mol. The van der Waals surface area contributed by atoms with Crippen molar-refractivity contribution < 1.29 is 55.6 Å². The fraction of sp³-hybridized carbons (Fsp3) is 0.739. The monoisotopic (exact) mass is 580 g/mol. The van der Waals surface area contributed by atoms with Crippen LogP contribution in [0.5, 0.6) is 0 Å². The fourth-order valence-electron chi connectivity index (χ4n) is 4.48. The van der Waals surface area contributed by atoms with Crippen LogP contribution in [0.3, 0.4) is 0 Å². The molecule has 0 aromatic carbocycles. The Balaban J connectivity index is 0.000000426. The predicted octanol–water partition coefficient (Wildman–Crippen LogP) is 4.13. The van der Waals surface area contributed by atoms with Gasteiger partial charge in [-0.1, -0.05) is 0 Å². The van der Waals surface area contributed by atoms with Gasteiger partial charge in [0.25, 0.3) is 0 Å². The molecule has 3 rings (SSSR count). The number of nitrogens with zero attached hydrogens (tertiary/aromatic N) is 2. The quantitative estimate of drug-likeness (QED) is 0.465. The maximum Gasteiger partial charge on any atom is 0.490 e. The van der Waals surface area contributed by atoms with Gasteiger partial charge in [0.2, 0.25) is 0 Å². The number of carbonyl (C=O) groups is 2. The molecule has 2 aliphatic heterocycles. The van der Waals surface area contributed by atoms with Crippen molar-refractivity contribution in [1.82, 2.24) is 9.80 Å². The molecule has 0 amide bonds. The lowest BCUT2D eigenvalue weighted by Crippen LogP contribution is -2.44. The average molecular weight is 581 g/mol. The number of hydrogen-bond acceptors (Lipinski definition) is 7. The lowest BCUT2D eigenvalue weighted by molar-refractivity contribution is -0.193. The van der Waals surface area contributed by atoms with E-state index in [4.69, 9.17) is 29.3 Å². The second-order valence-corrected chi connectivity index (χ2v) is 10.5. The van der Waals surface area contributed by atoms with Crippen molar-refractivity contribution in [3.05, 3.63) is 21.9 Å². The number of halogens is 6. The van der Waals surface area contributed by atoms with Crippen molar-refractivity contribution in [3.63, 3.8) is 0 Å². The molecule has 15 heteroatoms. The molecule has 2 saturated heterocycles. The molecule has 1 aromatic rings. The van der Waals surface area contributed by atoms with Gasteiger partial charge in [0, 0.05) is 56.1 Å². The van der Waals surface area contributed by atoms with E-state index < -0.39 is 24.3 Å². The Morgan fingerprint density at radius 2 is 1.53 bits per heavy atom. The third-order valence-electron chi connectivity index (χ3n) is 6.37. The molecule has 220 valence electrons. The highest BCUT2D eigenvalue weighted by molar-refractivity contribution is 7.11. The SMILES string of the molecule is COCCN1CC(COC)C2(CCN(Cc3ccc(C)s3)CC2)C1.O=C(O)C(F)(F)F.O=C(O)C(F)(F)F. The second kappa shape index (κ2) is 15.0. The van der Waals surface area contributed by atoms with Gasteiger partial charge in [-0.2, -0.15) is 26.3 Å². The van der Waals surface area contributed by atoms with Crippen LogP contribution in [0, 0.1) is 18.3 Å². The van der Waals surface area contributed by atoms with Crippen LogP contribution in [0.2, 0.25) is 0 Å². The molecule has 38 heavy (non-hydrogen) atoms. The highest BCUT2D eigenvalue weighted by Crippen LogP contribution is 2.45. The zero-order valence-electron chi connectivity index (χ0n) is 21.4. The third kappa shape index (κ3) is 11.4. The lowest BCUT2D eigenvalue weighted by atomic mass is 9.71. The van der Waals surface area contributed by atoms with E-state index in [1.54, 1.807) is 7.11 Å². The number of hydrogen-bond donors (Lipinski definition) is 2. The van der Waals surface area contributed by atoms with E-state index >= 15 is 0 Å². The predicted molar refractivity (Wildman–Crippen MR) is 127 cm³/mol. The first kappa shape index (κ1) is 34.1. The molecule has 0 radical (unpaired) electrons. The minimum absolute atomic E-state index is 0.450. The average Bonchev–Trinajstić information content (AvgIpc) is 3.37. The van der Waals surface area contributed by atoms with Crippen molar-refractivity contribution in [2.75, 3.05) is 60.2 Å². The number of piperidine rings is 1. The second-order valence-electron chi connectivity index (χ2n) is 9.14. The summed E-state index contributed by atoms with van der Waals surface area (Å²) >= 11 is 1.94. The van der Waals surface area contributed by atoms with Crippen molar-refractivity contribution in [3.8, 4) is 0 Å². The van der Waals surface area contributed by atoms with E-state index in [9.17, 15) is 26.3 Å². The Bertz CT molecular complexity index is 847. The molecule has 8 nitrogen and oxygen atoms in total. The van der Waals surface area contributed by atoms with Gasteiger partial charge < -0.3 is 24.6 Å². The Hall–Kier alpha value is -1.94. The smallest absolute Gasteiger partial charge is 0.475 e. The van der Waals surface area contributed by atoms with Crippen LogP contribution in [0.1, 0.15) is 22.6 Å². The zero-order valence-corrected chi connectivity index (χ0v) is 22.2. The van der Waals surface area contributed by atoms with E-state index in [1.807, 2.05) is 18.4 Å². The van der Waals surface area contributed by atoms with Gasteiger partial charge in [0.05, 0.1) is 13.2 Å². The van der Waals surface area contributed by atoms with Crippen LogP contribution in [0.25, 0.3) is 0 Å². The lowest BCUT2D eigenvalue weighted by Gasteiger charge is -2.42. The van der Waals surface area contributed by atoms with Crippen molar-refractivity contribution >= 4 is 23.3 Å². The molecule has 0 bridgehead atoms. The Labute approximate surface area is 221 Å². The van der Waals surface area contributed by atoms with E-state index in [-0.39, 0.29) is 0 Å². The van der Waals surface area contributed by atoms with Crippen LogP contribution in [0.15, 0.2) is 12.1 Å². The van der Waals surface area contributed by atoms with Gasteiger partial charge in [-0.15, -0.1) is 11.3 Å². The summed E-state index contributed by atoms with van der Waals surface area (Å²) in [6, 6.07) is 4.53. The maximum atomic E-state index is 10.6. The van der Waals surface area contributed by atoms with Gasteiger partial charge >= 0.3 is 24.3 Å². The molecule has 1 atom stereocenters. The summed E-state index contributed by atoms with van der Waals surface area (Å²) in [4.78, 5) is 25.9. The van der Waals surface area contributed by atoms with Gasteiger partial charge in [-0.3, -0.25) is 4.90 Å². The molecule has 2 fully saturated rings. The number of ether oxygens (including phenoxy) is 2. The third-order valence-corrected chi connectivity index (χ3v) is 7.36. The minimum atomic E-state index is -5.08. The van der Waals surface area contributed by atoms with E-state index in [0.717, 1.165) is 26.3 Å². The molecule has 1 aromatic heterocycles. The molecule has 2 aliphatic rings. The number of carboxylic acids is 2. The highest BCUT2D eigenvalue weighted by atomic mass is 32.1. The summed E-state index contributed by atoms with van der Waals surface area (Å²) in [6.07, 6.45) is -7.57. The Morgan fingerprint density at radius 1 is 1.00 bits per heavy atom. The molecule has 1 unspecified atom stereocenters. The summed E-state index contributed by atoms with van der Waals surface area (Å²) in [5.74, 6) is -4.84. The normalized spacial score (nSPS) is 19.9. The number of aryl methyl sites for hydroxylation is 1. The van der Waals surface area contributed by atoms with E-state index in [2.05, 4.69) is 28.9 Å². The summed E-state index contributed by atoms with van der Waals surface area (Å²) in [5, 5.41) is 14.2. The summed E-state index contributed by atoms with van der Waals surface area (Å²) in [6.45, 7) is 10.9. The van der Waals surface area contributed by atoms with Gasteiger partial charge in [-0.25, -0.2) is 9.59 Å². The minimum Gasteiger partial charge on any atom is -0.475 e. The molecule has 2 N–H and O–H groups in total. The van der Waals surface area contributed by atoms with Crippen LogP contribution in [-0.4, -0.2) is 104 Å². The summed E-state index contributed by atoms with van der Waals surface area (Å²) in [7, 11) is 3.64. The Morgan fingerprint density at radius 3 is 1.92 bits per heavy atom. The van der Waals surface area contributed by atoms with E-state index in [0.29, 0.717) is 11.3 Å². The fourth-order valence-corrected chi connectivity index (χ4v) is 5.41. The number of likely N-dealkylation sites (tertiary alicyclic amines) is 2. The molecule has 0 aliphatic carbocycles. The van der Waals surface area contributed by atoms with Crippen LogP contribution >= 0.6 is 11.3 Å². The number of methoxy groups -OCH3 is 2. The van der Waals surface area contributed by atoms with Crippen molar-refractivity contribution in [1.29, 1.82) is 0 Å². The standard InChI is InChI=1S/C19H32N2O2S.2C2HF3O2/c1-16-4-5-18(24-16)13-20-8-6-19(7-9-20)15-21(10-11-22-2)12-17(19)14-23-3;2*3-2(4,5)1(6)7/h4-5,17H,6-15H2,1-3H3;2*(H,6,7). The topological polar surface area (TPSA) is 99.5 Å². The molecular formula is C23H34F6N2O6S. The molecule has 0 saturated carbocycles. The van der Waals surface area contributed by atoms with Crippen LogP contribution < -0.4 is 0 Å². The number of carboxylic acid groups (broad SMARTS) is 2. The number of thiophene rings is 1. The molecule has 3 heterocycles. The highest BCUT2D eigenvalue weighted by Gasteiger charge is 2.47. The Kier molecular flexibility index (Phi) is 13.5. The van der Waals surface area contributed by atoms with Crippen molar-refractivity contribution in [2.24, 2.45) is 11.3 Å². The summed E-state index contributed by atoms with van der Waals surface area (Å²) in [5.41, 5.74) is 0.450. The first-order valence-electron chi connectivity index (χ1n) is 11.6. The first-order chi connectivity index (χ1) is 17.5. The first-order valence-corrected chi connectivity index (χ1v) is 12.4. The number of rotatable bonds is 7. The van der Waals surface area contributed by atoms with Gasteiger partial charge in [0.15, 0.2) is 0 Å².